The van der Waals surface area contributed by atoms with Gasteiger partial charge in [-0.3, -0.25) is 0 Å². The predicted octanol–water partition coefficient (Wildman–Crippen LogP) is 2.47. The predicted molar refractivity (Wildman–Crippen MR) is 39.1 cm³/mol. The first kappa shape index (κ1) is 6.23. The highest BCUT2D eigenvalue weighted by molar-refractivity contribution is 9.10. The second-order valence-electron chi connectivity index (χ2n) is 1.39. The van der Waals surface area contributed by atoms with Crippen molar-refractivity contribution in [3.05, 3.63) is 22.6 Å². The van der Waals surface area contributed by atoms with E-state index >= 15 is 0 Å². The van der Waals surface area contributed by atoms with E-state index in [1.54, 1.807) is 6.26 Å². The fourth-order valence-electron chi connectivity index (χ4n) is 0.437. The molecule has 3 heteroatoms. The van der Waals surface area contributed by atoms with Gasteiger partial charge in [0.05, 0.1) is 4.47 Å². The molecule has 0 aliphatic carbocycles. The summed E-state index contributed by atoms with van der Waals surface area (Å²) in [4.78, 5) is 0. The third kappa shape index (κ3) is 1.29. The molecule has 0 spiro atoms. The molecule has 0 aromatic carbocycles. The molecule has 0 unspecified atom stereocenters. The summed E-state index contributed by atoms with van der Waals surface area (Å²) < 4.78 is 5.96. The van der Waals surface area contributed by atoms with E-state index in [9.17, 15) is 0 Å². The molecule has 1 heterocycles. The third-order valence-electron chi connectivity index (χ3n) is 0.778. The van der Waals surface area contributed by atoms with E-state index in [1.165, 1.54) is 0 Å². The van der Waals surface area contributed by atoms with E-state index < -0.39 is 0 Å². The minimum Gasteiger partial charge on any atom is -0.467 e. The average molecular weight is 193 g/mol. The Hall–Kier alpha value is 0.110. The summed E-state index contributed by atoms with van der Waals surface area (Å²) >= 11 is 7.25. The van der Waals surface area contributed by atoms with Gasteiger partial charge in [0, 0.05) is 5.75 Å². The van der Waals surface area contributed by atoms with Crippen LogP contribution in [0.25, 0.3) is 0 Å². The van der Waals surface area contributed by atoms with Gasteiger partial charge in [0.25, 0.3) is 0 Å². The largest absolute Gasteiger partial charge is 0.467 e. The lowest BCUT2D eigenvalue weighted by Gasteiger charge is -1.79. The zero-order valence-corrected chi connectivity index (χ0v) is 6.58. The molecule has 0 aliphatic heterocycles. The number of hydrogen-bond acceptors (Lipinski definition) is 2. The molecule has 1 rings (SSSR count). The van der Waals surface area contributed by atoms with Gasteiger partial charge >= 0.3 is 0 Å². The molecule has 0 fully saturated rings. The van der Waals surface area contributed by atoms with Crippen LogP contribution in [0.4, 0.5) is 0 Å². The molecule has 0 saturated heterocycles. The first-order valence-electron chi connectivity index (χ1n) is 2.16. The van der Waals surface area contributed by atoms with Crippen molar-refractivity contribution in [1.82, 2.24) is 0 Å². The van der Waals surface area contributed by atoms with Crippen LogP contribution in [0.3, 0.4) is 0 Å². The number of hydrogen-bond donors (Lipinski definition) is 1. The lowest BCUT2D eigenvalue weighted by Crippen LogP contribution is -1.63. The zero-order chi connectivity index (χ0) is 5.98. The summed E-state index contributed by atoms with van der Waals surface area (Å²) in [6, 6.07) is 1.90. The minimum absolute atomic E-state index is 0.658. The Morgan fingerprint density at radius 1 is 1.75 bits per heavy atom. The Bertz CT molecular complexity index is 173. The van der Waals surface area contributed by atoms with Crippen molar-refractivity contribution in [2.24, 2.45) is 0 Å². The molecule has 1 aromatic heterocycles. The number of thiol groups is 1. The highest BCUT2D eigenvalue weighted by Crippen LogP contribution is 2.14. The van der Waals surface area contributed by atoms with E-state index in [4.69, 9.17) is 4.42 Å². The van der Waals surface area contributed by atoms with Crippen molar-refractivity contribution in [2.45, 2.75) is 5.75 Å². The molecule has 0 amide bonds. The second kappa shape index (κ2) is 2.60. The van der Waals surface area contributed by atoms with Crippen molar-refractivity contribution in [3.63, 3.8) is 0 Å². The Morgan fingerprint density at radius 3 is 2.75 bits per heavy atom. The van der Waals surface area contributed by atoms with Gasteiger partial charge in [-0.05, 0) is 22.0 Å². The van der Waals surface area contributed by atoms with Gasteiger partial charge in [-0.1, -0.05) is 0 Å². The highest BCUT2D eigenvalue weighted by atomic mass is 79.9. The average Bonchev–Trinajstić information content (AvgIpc) is 2.14. The number of halogens is 1. The maximum Gasteiger partial charge on any atom is 0.114 e. The molecule has 0 bridgehead atoms. The quantitative estimate of drug-likeness (QED) is 0.676. The Morgan fingerprint density at radius 2 is 2.50 bits per heavy atom. The highest BCUT2D eigenvalue weighted by Gasteiger charge is 1.93. The van der Waals surface area contributed by atoms with Crippen molar-refractivity contribution >= 4 is 28.6 Å². The molecule has 1 nitrogen and oxygen atoms in total. The molecule has 0 radical (unpaired) electrons. The normalized spacial score (nSPS) is 9.75. The molecular formula is C5H5BrOS. The second-order valence-corrected chi connectivity index (χ2v) is 2.62. The van der Waals surface area contributed by atoms with Gasteiger partial charge < -0.3 is 4.42 Å². The third-order valence-corrected chi connectivity index (χ3v) is 1.51. The van der Waals surface area contributed by atoms with Gasteiger partial charge in [0.2, 0.25) is 0 Å². The van der Waals surface area contributed by atoms with Gasteiger partial charge in [-0.25, -0.2) is 0 Å². The summed E-state index contributed by atoms with van der Waals surface area (Å²) in [6.45, 7) is 0. The Balaban J connectivity index is 2.84. The van der Waals surface area contributed by atoms with Crippen molar-refractivity contribution in [3.8, 4) is 0 Å². The molecule has 44 valence electrons. The maximum absolute atomic E-state index is 4.99. The van der Waals surface area contributed by atoms with E-state index in [-0.39, 0.29) is 0 Å². The topological polar surface area (TPSA) is 13.1 Å². The smallest absolute Gasteiger partial charge is 0.114 e. The van der Waals surface area contributed by atoms with Crippen molar-refractivity contribution in [1.29, 1.82) is 0 Å². The fourth-order valence-corrected chi connectivity index (χ4v) is 0.951. The van der Waals surface area contributed by atoms with Crippen molar-refractivity contribution < 1.29 is 4.42 Å². The lowest BCUT2D eigenvalue weighted by atomic mass is 10.5. The molecule has 1 aromatic rings. The summed E-state index contributed by atoms with van der Waals surface area (Å²) in [5.74, 6) is 1.55. The van der Waals surface area contributed by atoms with Crippen LogP contribution in [0, 0.1) is 0 Å². The minimum atomic E-state index is 0.658. The first-order chi connectivity index (χ1) is 3.83. The van der Waals surface area contributed by atoms with Crippen LogP contribution in [0.5, 0.6) is 0 Å². The van der Waals surface area contributed by atoms with Gasteiger partial charge in [0.15, 0.2) is 0 Å². The zero-order valence-electron chi connectivity index (χ0n) is 4.10. The van der Waals surface area contributed by atoms with Gasteiger partial charge in [-0.15, -0.1) is 0 Å². The van der Waals surface area contributed by atoms with Crippen LogP contribution in [-0.2, 0) is 5.75 Å². The Labute approximate surface area is 61.6 Å². The van der Waals surface area contributed by atoms with Gasteiger partial charge in [0.1, 0.15) is 12.0 Å². The molecule has 8 heavy (non-hydrogen) atoms. The van der Waals surface area contributed by atoms with Crippen LogP contribution >= 0.6 is 28.6 Å². The fraction of sp³-hybridized carbons (Fsp3) is 0.200. The Kier molecular flexibility index (Phi) is 2.02. The summed E-state index contributed by atoms with van der Waals surface area (Å²) in [6.07, 6.45) is 1.64. The van der Waals surface area contributed by atoms with Gasteiger partial charge in [-0.2, -0.15) is 12.6 Å². The molecular weight excluding hydrogens is 188 g/mol. The van der Waals surface area contributed by atoms with Crippen LogP contribution in [0.1, 0.15) is 5.76 Å². The monoisotopic (exact) mass is 192 g/mol. The van der Waals surface area contributed by atoms with E-state index in [0.717, 1.165) is 10.2 Å². The molecule has 0 N–H and O–H groups in total. The maximum atomic E-state index is 4.99. The van der Waals surface area contributed by atoms with Crippen LogP contribution in [0.2, 0.25) is 0 Å². The first-order valence-corrected chi connectivity index (χ1v) is 3.59. The summed E-state index contributed by atoms with van der Waals surface area (Å²) in [5, 5.41) is 0. The number of rotatable bonds is 1. The van der Waals surface area contributed by atoms with Crippen LogP contribution in [0.15, 0.2) is 21.2 Å². The molecule has 0 atom stereocenters. The van der Waals surface area contributed by atoms with Crippen molar-refractivity contribution in [2.75, 3.05) is 0 Å². The number of furan rings is 1. The van der Waals surface area contributed by atoms with E-state index in [0.29, 0.717) is 5.75 Å². The standard InChI is InChI=1S/C5H5BrOS/c6-4-1-5(3-8)7-2-4/h1-2,8H,3H2. The van der Waals surface area contributed by atoms with E-state index in [1.807, 2.05) is 6.07 Å². The van der Waals surface area contributed by atoms with E-state index in [2.05, 4.69) is 28.6 Å². The summed E-state index contributed by atoms with van der Waals surface area (Å²) in [7, 11) is 0. The SMILES string of the molecule is SCc1cc(Br)co1. The molecule has 0 saturated carbocycles. The lowest BCUT2D eigenvalue weighted by molar-refractivity contribution is 0.530. The van der Waals surface area contributed by atoms with Crippen LogP contribution in [-0.4, -0.2) is 0 Å². The molecule has 0 aliphatic rings. The van der Waals surface area contributed by atoms with Crippen LogP contribution < -0.4 is 0 Å². The summed E-state index contributed by atoms with van der Waals surface area (Å²) in [5.41, 5.74) is 0.